The van der Waals surface area contributed by atoms with Crippen molar-refractivity contribution in [2.75, 3.05) is 13.6 Å². The summed E-state index contributed by atoms with van der Waals surface area (Å²) in [5.41, 5.74) is 7.63. The van der Waals surface area contributed by atoms with Crippen molar-refractivity contribution < 1.29 is 0 Å². The summed E-state index contributed by atoms with van der Waals surface area (Å²) in [4.78, 5) is 7.00. The summed E-state index contributed by atoms with van der Waals surface area (Å²) in [6.07, 6.45) is 3.67. The van der Waals surface area contributed by atoms with E-state index in [0.29, 0.717) is 12.6 Å². The second-order valence-corrected chi connectivity index (χ2v) is 4.95. The minimum absolute atomic E-state index is 0.351. The van der Waals surface area contributed by atoms with Gasteiger partial charge < -0.3 is 5.73 Å². The Morgan fingerprint density at radius 3 is 3.06 bits per heavy atom. The maximum Gasteiger partial charge on any atom is 0.168 e. The first-order chi connectivity index (χ1) is 8.79. The molecule has 1 fully saturated rings. The Labute approximate surface area is 107 Å². The summed E-state index contributed by atoms with van der Waals surface area (Å²) >= 11 is 0. The Bertz CT molecular complexity index is 547. The number of nitrogens with zero attached hydrogens (tertiary/aromatic N) is 4. The molecule has 3 rings (SSSR count). The monoisotopic (exact) mass is 245 g/mol. The predicted molar refractivity (Wildman–Crippen MR) is 70.1 cm³/mol. The van der Waals surface area contributed by atoms with Crippen LogP contribution in [0, 0.1) is 0 Å². The lowest BCUT2D eigenvalue weighted by Gasteiger charge is -2.30. The molecule has 1 saturated heterocycles. The lowest BCUT2D eigenvalue weighted by molar-refractivity contribution is 0.179. The largest absolute Gasteiger partial charge is 0.325 e. The molecule has 3 heterocycles. The zero-order chi connectivity index (χ0) is 12.5. The summed E-state index contributed by atoms with van der Waals surface area (Å²) in [7, 11) is 2.15. The van der Waals surface area contributed by atoms with Gasteiger partial charge in [0, 0.05) is 6.54 Å². The first kappa shape index (κ1) is 11.6. The van der Waals surface area contributed by atoms with E-state index in [1.54, 1.807) is 0 Å². The highest BCUT2D eigenvalue weighted by atomic mass is 15.3. The normalized spacial score (nSPS) is 21.6. The number of likely N-dealkylation sites (tertiary alicyclic amines) is 1. The molecule has 0 aromatic carbocycles. The van der Waals surface area contributed by atoms with Crippen LogP contribution in [0.1, 0.15) is 36.8 Å². The molecule has 5 nitrogen and oxygen atoms in total. The maximum absolute atomic E-state index is 5.73. The van der Waals surface area contributed by atoms with E-state index in [4.69, 9.17) is 5.73 Å². The average molecular weight is 245 g/mol. The molecule has 18 heavy (non-hydrogen) atoms. The fourth-order valence-corrected chi connectivity index (χ4v) is 2.67. The summed E-state index contributed by atoms with van der Waals surface area (Å²) in [5, 5.41) is 4.64. The highest BCUT2D eigenvalue weighted by Gasteiger charge is 2.24. The molecular weight excluding hydrogens is 226 g/mol. The number of hydrogen-bond acceptors (Lipinski definition) is 4. The maximum atomic E-state index is 5.73. The predicted octanol–water partition coefficient (Wildman–Crippen LogP) is 1.34. The molecule has 1 unspecified atom stereocenters. The molecule has 0 aliphatic carbocycles. The number of nitrogens with two attached hydrogens (primary N) is 1. The summed E-state index contributed by atoms with van der Waals surface area (Å²) < 4.78 is 1.87. The van der Waals surface area contributed by atoms with Gasteiger partial charge in [0.25, 0.3) is 0 Å². The van der Waals surface area contributed by atoms with Gasteiger partial charge in [0.05, 0.1) is 11.7 Å². The summed E-state index contributed by atoms with van der Waals surface area (Å²) in [6, 6.07) is 6.32. The van der Waals surface area contributed by atoms with Gasteiger partial charge >= 0.3 is 0 Å². The molecule has 1 atom stereocenters. The fraction of sp³-hybridized carbons (Fsp3) is 0.538. The molecule has 2 aromatic heterocycles. The third kappa shape index (κ3) is 1.89. The van der Waals surface area contributed by atoms with Gasteiger partial charge in [0.15, 0.2) is 11.5 Å². The Hall–Kier alpha value is -1.46. The molecule has 0 amide bonds. The van der Waals surface area contributed by atoms with Crippen molar-refractivity contribution in [2.24, 2.45) is 5.73 Å². The summed E-state index contributed by atoms with van der Waals surface area (Å²) in [5.74, 6) is 0.929. The molecule has 96 valence electrons. The fourth-order valence-electron chi connectivity index (χ4n) is 2.67. The Kier molecular flexibility index (Phi) is 3.01. The van der Waals surface area contributed by atoms with E-state index in [1.165, 1.54) is 12.8 Å². The smallest absolute Gasteiger partial charge is 0.168 e. The van der Waals surface area contributed by atoms with E-state index in [2.05, 4.69) is 22.0 Å². The molecule has 5 heteroatoms. The molecule has 0 radical (unpaired) electrons. The third-order valence-corrected chi connectivity index (χ3v) is 3.73. The zero-order valence-electron chi connectivity index (χ0n) is 10.7. The topological polar surface area (TPSA) is 59.5 Å². The number of rotatable bonds is 2. The molecular formula is C13H19N5. The van der Waals surface area contributed by atoms with E-state index >= 15 is 0 Å². The van der Waals surface area contributed by atoms with Gasteiger partial charge in [-0.1, -0.05) is 12.5 Å². The molecule has 0 bridgehead atoms. The Morgan fingerprint density at radius 2 is 2.28 bits per heavy atom. The van der Waals surface area contributed by atoms with Gasteiger partial charge in [-0.3, -0.25) is 4.90 Å². The zero-order valence-corrected chi connectivity index (χ0v) is 10.7. The van der Waals surface area contributed by atoms with Crippen LogP contribution in [-0.4, -0.2) is 33.1 Å². The Morgan fingerprint density at radius 1 is 1.39 bits per heavy atom. The van der Waals surface area contributed by atoms with Crippen molar-refractivity contribution in [3.8, 4) is 0 Å². The number of aromatic nitrogens is 3. The average Bonchev–Trinajstić information content (AvgIpc) is 2.82. The van der Waals surface area contributed by atoms with Crippen LogP contribution in [0.5, 0.6) is 0 Å². The molecule has 1 aliphatic heterocycles. The van der Waals surface area contributed by atoms with Gasteiger partial charge in [0.1, 0.15) is 0 Å². The van der Waals surface area contributed by atoms with E-state index in [1.807, 2.05) is 22.7 Å². The van der Waals surface area contributed by atoms with Crippen molar-refractivity contribution in [1.82, 2.24) is 19.5 Å². The van der Waals surface area contributed by atoms with Gasteiger partial charge in [-0.25, -0.2) is 9.50 Å². The summed E-state index contributed by atoms with van der Waals surface area (Å²) in [6.45, 7) is 1.62. The van der Waals surface area contributed by atoms with Crippen molar-refractivity contribution in [2.45, 2.75) is 31.8 Å². The van der Waals surface area contributed by atoms with Gasteiger partial charge in [-0.05, 0) is 38.6 Å². The van der Waals surface area contributed by atoms with Crippen LogP contribution in [-0.2, 0) is 6.54 Å². The lowest BCUT2D eigenvalue weighted by atomic mass is 10.0. The van der Waals surface area contributed by atoms with Crippen molar-refractivity contribution in [3.63, 3.8) is 0 Å². The lowest BCUT2D eigenvalue weighted by Crippen LogP contribution is -2.30. The van der Waals surface area contributed by atoms with Gasteiger partial charge in [0.2, 0.25) is 0 Å². The van der Waals surface area contributed by atoms with Crippen LogP contribution >= 0.6 is 0 Å². The second kappa shape index (κ2) is 4.66. The highest BCUT2D eigenvalue weighted by molar-refractivity contribution is 5.39. The van der Waals surface area contributed by atoms with Crippen molar-refractivity contribution in [3.05, 3.63) is 29.7 Å². The van der Waals surface area contributed by atoms with Crippen LogP contribution in [0.4, 0.5) is 0 Å². The highest BCUT2D eigenvalue weighted by Crippen LogP contribution is 2.27. The first-order valence-electron chi connectivity index (χ1n) is 6.54. The van der Waals surface area contributed by atoms with Crippen molar-refractivity contribution in [1.29, 1.82) is 0 Å². The van der Waals surface area contributed by atoms with Crippen molar-refractivity contribution >= 4 is 5.65 Å². The number of fused-ring (bicyclic) bond motifs is 1. The van der Waals surface area contributed by atoms with E-state index in [9.17, 15) is 0 Å². The van der Waals surface area contributed by atoms with Gasteiger partial charge in [-0.15, -0.1) is 5.10 Å². The van der Waals surface area contributed by atoms with E-state index in [0.717, 1.165) is 30.1 Å². The van der Waals surface area contributed by atoms with E-state index in [-0.39, 0.29) is 0 Å². The van der Waals surface area contributed by atoms with Crippen LogP contribution in [0.15, 0.2) is 18.2 Å². The van der Waals surface area contributed by atoms with Crippen LogP contribution in [0.25, 0.3) is 5.65 Å². The van der Waals surface area contributed by atoms with Crippen LogP contribution in [0.3, 0.4) is 0 Å². The van der Waals surface area contributed by atoms with Crippen LogP contribution in [0.2, 0.25) is 0 Å². The first-order valence-corrected chi connectivity index (χ1v) is 6.54. The molecule has 1 aliphatic rings. The third-order valence-electron chi connectivity index (χ3n) is 3.73. The van der Waals surface area contributed by atoms with E-state index < -0.39 is 0 Å². The minimum Gasteiger partial charge on any atom is -0.325 e. The number of hydrogen-bond donors (Lipinski definition) is 1. The second-order valence-electron chi connectivity index (χ2n) is 4.95. The molecule has 0 spiro atoms. The SMILES string of the molecule is CN1CCCCC1c1nc2cccc(CN)n2n1. The molecule has 0 saturated carbocycles. The standard InChI is InChI=1S/C13H19N5/c1-17-8-3-2-6-11(17)13-15-12-7-4-5-10(9-14)18(12)16-13/h4-5,7,11H,2-3,6,8-9,14H2,1H3. The van der Waals surface area contributed by atoms with Gasteiger partial charge in [-0.2, -0.15) is 0 Å². The minimum atomic E-state index is 0.351. The molecule has 2 aromatic rings. The Balaban J connectivity index is 2.02. The quantitative estimate of drug-likeness (QED) is 0.867. The molecule has 2 N–H and O–H groups in total. The number of pyridine rings is 1. The number of piperidine rings is 1. The van der Waals surface area contributed by atoms with Crippen LogP contribution < -0.4 is 5.73 Å².